The number of piperidine rings is 1. The van der Waals surface area contributed by atoms with Crippen molar-refractivity contribution >= 4 is 5.91 Å². The molecule has 1 aliphatic heterocycles. The third-order valence-electron chi connectivity index (χ3n) is 4.71. The fourth-order valence-electron chi connectivity index (χ4n) is 3.46. The van der Waals surface area contributed by atoms with E-state index in [1.807, 2.05) is 49.5 Å². The summed E-state index contributed by atoms with van der Waals surface area (Å²) in [5, 5.41) is 0. The van der Waals surface area contributed by atoms with Crippen LogP contribution in [0.25, 0.3) is 0 Å². The lowest BCUT2D eigenvalue weighted by Gasteiger charge is -2.34. The zero-order valence-corrected chi connectivity index (χ0v) is 14.6. The van der Waals surface area contributed by atoms with Crippen molar-refractivity contribution in [1.29, 1.82) is 0 Å². The Hall–Kier alpha value is -2.14. The van der Waals surface area contributed by atoms with E-state index < -0.39 is 0 Å². The number of benzene rings is 1. The van der Waals surface area contributed by atoms with Gasteiger partial charge in [-0.1, -0.05) is 30.3 Å². The molecule has 1 amide bonds. The maximum absolute atomic E-state index is 12.7. The number of hydrogen-bond donors (Lipinski definition) is 0. The predicted octanol–water partition coefficient (Wildman–Crippen LogP) is 2.49. The molecule has 24 heavy (non-hydrogen) atoms. The first-order chi connectivity index (χ1) is 11.6. The highest BCUT2D eigenvalue weighted by Crippen LogP contribution is 2.22. The van der Waals surface area contributed by atoms with E-state index in [1.54, 1.807) is 0 Å². The molecular weight excluding hydrogens is 300 g/mol. The van der Waals surface area contributed by atoms with Crippen LogP contribution < -0.4 is 0 Å². The fraction of sp³-hybridized carbons (Fsp3) is 0.474. The lowest BCUT2D eigenvalue weighted by atomic mass is 10.1. The molecule has 1 aromatic heterocycles. The standard InChI is InChI=1S/C19H26N4O/c1-16-20-10-12-23(16)18-9-6-11-22(14-18)19(24)15-21(2)13-17-7-4-3-5-8-17/h3-5,7-8,10,12,18H,6,9,11,13-15H2,1-2H3/t18-/m1/s1. The van der Waals surface area contributed by atoms with Gasteiger partial charge in [0.05, 0.1) is 12.6 Å². The number of hydrogen-bond acceptors (Lipinski definition) is 3. The van der Waals surface area contributed by atoms with Crippen LogP contribution in [0.4, 0.5) is 0 Å². The Morgan fingerprint density at radius 2 is 2.12 bits per heavy atom. The largest absolute Gasteiger partial charge is 0.340 e. The highest BCUT2D eigenvalue weighted by atomic mass is 16.2. The van der Waals surface area contributed by atoms with Crippen molar-refractivity contribution in [3.05, 3.63) is 54.1 Å². The quantitative estimate of drug-likeness (QED) is 0.848. The summed E-state index contributed by atoms with van der Waals surface area (Å²) < 4.78 is 2.20. The van der Waals surface area contributed by atoms with Gasteiger partial charge in [0.1, 0.15) is 5.82 Å². The van der Waals surface area contributed by atoms with Gasteiger partial charge in [0.2, 0.25) is 5.91 Å². The Labute approximate surface area is 143 Å². The SMILES string of the molecule is Cc1nccn1[C@@H]1CCCN(C(=O)CN(C)Cc2ccccc2)C1. The van der Waals surface area contributed by atoms with Gasteiger partial charge in [-0.2, -0.15) is 0 Å². The Kier molecular flexibility index (Phi) is 5.30. The van der Waals surface area contributed by atoms with Gasteiger partial charge in [-0.25, -0.2) is 4.98 Å². The van der Waals surface area contributed by atoms with Crippen molar-refractivity contribution in [2.75, 3.05) is 26.7 Å². The molecule has 0 saturated carbocycles. The molecule has 1 saturated heterocycles. The number of likely N-dealkylation sites (N-methyl/N-ethyl adjacent to an activating group) is 1. The van der Waals surface area contributed by atoms with Gasteiger partial charge in [0, 0.05) is 32.0 Å². The molecule has 2 heterocycles. The summed E-state index contributed by atoms with van der Waals surface area (Å²) in [5.41, 5.74) is 1.23. The summed E-state index contributed by atoms with van der Waals surface area (Å²) in [7, 11) is 2.01. The van der Waals surface area contributed by atoms with Crippen LogP contribution in [-0.4, -0.2) is 51.9 Å². The van der Waals surface area contributed by atoms with Gasteiger partial charge in [-0.15, -0.1) is 0 Å². The topological polar surface area (TPSA) is 41.4 Å². The van der Waals surface area contributed by atoms with Crippen molar-refractivity contribution < 1.29 is 4.79 Å². The van der Waals surface area contributed by atoms with Crippen LogP contribution in [0.5, 0.6) is 0 Å². The van der Waals surface area contributed by atoms with Crippen LogP contribution >= 0.6 is 0 Å². The smallest absolute Gasteiger partial charge is 0.236 e. The number of likely N-dealkylation sites (tertiary alicyclic amines) is 1. The van der Waals surface area contributed by atoms with E-state index in [0.717, 1.165) is 38.3 Å². The van der Waals surface area contributed by atoms with Gasteiger partial charge < -0.3 is 9.47 Å². The van der Waals surface area contributed by atoms with Crippen LogP contribution in [0.1, 0.15) is 30.3 Å². The van der Waals surface area contributed by atoms with Crippen molar-refractivity contribution in [3.8, 4) is 0 Å². The second-order valence-electron chi connectivity index (χ2n) is 6.68. The molecule has 0 N–H and O–H groups in total. The molecule has 0 radical (unpaired) electrons. The molecule has 2 aromatic rings. The van der Waals surface area contributed by atoms with E-state index in [2.05, 4.69) is 26.6 Å². The molecule has 1 fully saturated rings. The molecule has 0 aliphatic carbocycles. The average Bonchev–Trinajstić information content (AvgIpc) is 3.02. The summed E-state index contributed by atoms with van der Waals surface area (Å²) in [5.74, 6) is 1.24. The third-order valence-corrected chi connectivity index (χ3v) is 4.71. The summed E-state index contributed by atoms with van der Waals surface area (Å²) in [6, 6.07) is 10.6. The predicted molar refractivity (Wildman–Crippen MR) is 94.6 cm³/mol. The Balaban J connectivity index is 1.55. The monoisotopic (exact) mass is 326 g/mol. The molecule has 0 bridgehead atoms. The van der Waals surface area contributed by atoms with Crippen LogP contribution in [0.3, 0.4) is 0 Å². The molecule has 3 rings (SSSR count). The number of carbonyl (C=O) groups excluding carboxylic acids is 1. The minimum atomic E-state index is 0.218. The van der Waals surface area contributed by atoms with E-state index in [9.17, 15) is 4.79 Å². The van der Waals surface area contributed by atoms with Gasteiger partial charge in [0.25, 0.3) is 0 Å². The van der Waals surface area contributed by atoms with Crippen LogP contribution in [0.15, 0.2) is 42.7 Å². The van der Waals surface area contributed by atoms with Gasteiger partial charge in [0.15, 0.2) is 0 Å². The second kappa shape index (κ2) is 7.62. The van der Waals surface area contributed by atoms with Gasteiger partial charge in [-0.3, -0.25) is 9.69 Å². The number of nitrogens with zero attached hydrogens (tertiary/aromatic N) is 4. The zero-order chi connectivity index (χ0) is 16.9. The van der Waals surface area contributed by atoms with Crippen molar-refractivity contribution in [2.24, 2.45) is 0 Å². The first-order valence-corrected chi connectivity index (χ1v) is 8.63. The maximum atomic E-state index is 12.7. The number of imidazole rings is 1. The normalized spacial score (nSPS) is 18.1. The molecule has 1 aromatic carbocycles. The van der Waals surface area contributed by atoms with Crippen LogP contribution in [0, 0.1) is 6.92 Å². The van der Waals surface area contributed by atoms with E-state index >= 15 is 0 Å². The highest BCUT2D eigenvalue weighted by Gasteiger charge is 2.25. The van der Waals surface area contributed by atoms with E-state index in [-0.39, 0.29) is 5.91 Å². The number of carbonyl (C=O) groups is 1. The molecule has 5 heteroatoms. The molecule has 1 atom stereocenters. The molecular formula is C19H26N4O. The number of rotatable bonds is 5. The van der Waals surface area contributed by atoms with Crippen LogP contribution in [0.2, 0.25) is 0 Å². The lowest BCUT2D eigenvalue weighted by molar-refractivity contribution is -0.133. The van der Waals surface area contributed by atoms with E-state index in [4.69, 9.17) is 0 Å². The van der Waals surface area contributed by atoms with Crippen molar-refractivity contribution in [2.45, 2.75) is 32.4 Å². The summed E-state index contributed by atoms with van der Waals surface area (Å²) in [4.78, 5) is 21.1. The van der Waals surface area contributed by atoms with Crippen molar-refractivity contribution in [3.63, 3.8) is 0 Å². The molecule has 5 nitrogen and oxygen atoms in total. The zero-order valence-electron chi connectivity index (χ0n) is 14.6. The fourth-order valence-corrected chi connectivity index (χ4v) is 3.46. The third kappa shape index (κ3) is 4.03. The molecule has 0 spiro atoms. The van der Waals surface area contributed by atoms with E-state index in [0.29, 0.717) is 12.6 Å². The molecule has 1 aliphatic rings. The summed E-state index contributed by atoms with van der Waals surface area (Å²) in [6.07, 6.45) is 6.02. The number of aromatic nitrogens is 2. The highest BCUT2D eigenvalue weighted by molar-refractivity contribution is 5.78. The molecule has 0 unspecified atom stereocenters. The summed E-state index contributed by atoms with van der Waals surface area (Å²) >= 11 is 0. The Morgan fingerprint density at radius 3 is 2.83 bits per heavy atom. The Bertz CT molecular complexity index is 667. The van der Waals surface area contributed by atoms with Gasteiger partial charge >= 0.3 is 0 Å². The minimum Gasteiger partial charge on any atom is -0.340 e. The van der Waals surface area contributed by atoms with Gasteiger partial charge in [-0.05, 0) is 32.4 Å². The first-order valence-electron chi connectivity index (χ1n) is 8.63. The second-order valence-corrected chi connectivity index (χ2v) is 6.68. The van der Waals surface area contributed by atoms with E-state index in [1.165, 1.54) is 5.56 Å². The molecule has 128 valence electrons. The lowest BCUT2D eigenvalue weighted by Crippen LogP contribution is -2.44. The van der Waals surface area contributed by atoms with Crippen molar-refractivity contribution in [1.82, 2.24) is 19.4 Å². The number of amides is 1. The summed E-state index contributed by atoms with van der Waals surface area (Å²) in [6.45, 7) is 4.93. The number of aryl methyl sites for hydroxylation is 1. The van der Waals surface area contributed by atoms with Crippen LogP contribution in [-0.2, 0) is 11.3 Å². The Morgan fingerprint density at radius 1 is 1.33 bits per heavy atom. The average molecular weight is 326 g/mol. The first kappa shape index (κ1) is 16.7. The maximum Gasteiger partial charge on any atom is 0.236 e. The minimum absolute atomic E-state index is 0.218.